The van der Waals surface area contributed by atoms with Crippen molar-refractivity contribution < 1.29 is 70.3 Å². The summed E-state index contributed by atoms with van der Waals surface area (Å²) in [6, 6.07) is 5.43. The van der Waals surface area contributed by atoms with E-state index in [2.05, 4.69) is 30.1 Å². The number of carbonyl (C=O) groups is 1. The number of thiazole rings is 1. The quantitative estimate of drug-likeness (QED) is 0.263. The number of nitrogens with one attached hydrogen (secondary N) is 1. The van der Waals surface area contributed by atoms with E-state index in [9.17, 15) is 14.3 Å². The second kappa shape index (κ2) is 9.84. The summed E-state index contributed by atoms with van der Waals surface area (Å²) >= 11 is 1.22. The average molecular weight is 483 g/mol. The summed E-state index contributed by atoms with van der Waals surface area (Å²) in [6.45, 7) is 0.942. The largest absolute Gasteiger partial charge is 1.00 e. The zero-order valence-electron chi connectivity index (χ0n) is 16.8. The number of amides is 1. The van der Waals surface area contributed by atoms with Crippen molar-refractivity contribution in [3.63, 3.8) is 0 Å². The van der Waals surface area contributed by atoms with Gasteiger partial charge in [0.25, 0.3) is 5.91 Å². The monoisotopic (exact) mass is 483 g/mol. The summed E-state index contributed by atoms with van der Waals surface area (Å²) < 4.78 is 17.5. The molecule has 0 radical (unpaired) electrons. The predicted octanol–water partition coefficient (Wildman–Crippen LogP) is -1.33. The van der Waals surface area contributed by atoms with Gasteiger partial charge < -0.3 is 14.8 Å². The molecule has 1 N–H and O–H groups in total. The Morgan fingerprint density at radius 1 is 1.32 bits per heavy atom. The van der Waals surface area contributed by atoms with Crippen LogP contribution in [0.15, 0.2) is 48.4 Å². The van der Waals surface area contributed by atoms with Crippen LogP contribution in [-0.4, -0.2) is 42.3 Å². The summed E-state index contributed by atoms with van der Waals surface area (Å²) in [5.74, 6) is -0.413. The summed E-state index contributed by atoms with van der Waals surface area (Å²) in [4.78, 5) is 33.3. The van der Waals surface area contributed by atoms with Gasteiger partial charge >= 0.3 is 51.4 Å². The van der Waals surface area contributed by atoms with Gasteiger partial charge in [0.05, 0.1) is 29.3 Å². The zero-order chi connectivity index (χ0) is 21.3. The van der Waals surface area contributed by atoms with Crippen molar-refractivity contribution in [3.8, 4) is 22.0 Å². The third kappa shape index (κ3) is 5.96. The fourth-order valence-corrected chi connectivity index (χ4v) is 3.75. The Kier molecular flexibility index (Phi) is 7.60. The van der Waals surface area contributed by atoms with Crippen molar-refractivity contribution in [1.29, 1.82) is 0 Å². The molecule has 0 aliphatic rings. The van der Waals surface area contributed by atoms with Gasteiger partial charge in [-0.3, -0.25) is 19.0 Å². The van der Waals surface area contributed by atoms with E-state index in [1.54, 1.807) is 41.6 Å². The van der Waals surface area contributed by atoms with Crippen molar-refractivity contribution >= 4 is 30.5 Å². The molecule has 0 aliphatic carbocycles. The SMILES string of the molecule is Cn1cc(NC(=O)c2csc(-c3cnn(OP(C)(=O)[O-])c3)n2)c(-c2ccccn2)n1.[K+]. The van der Waals surface area contributed by atoms with Crippen molar-refractivity contribution in [2.75, 3.05) is 12.0 Å². The molecule has 31 heavy (non-hydrogen) atoms. The van der Waals surface area contributed by atoms with Gasteiger partial charge in [-0.1, -0.05) is 6.07 Å². The summed E-state index contributed by atoms with van der Waals surface area (Å²) in [5.41, 5.74) is 2.40. The van der Waals surface area contributed by atoms with E-state index >= 15 is 0 Å². The minimum Gasteiger partial charge on any atom is -0.767 e. The number of aryl methyl sites for hydroxylation is 1. The Bertz CT molecular complexity index is 1250. The van der Waals surface area contributed by atoms with Gasteiger partial charge in [0.2, 0.25) is 7.60 Å². The number of hydrogen-bond acceptors (Lipinski definition) is 9. The van der Waals surface area contributed by atoms with Gasteiger partial charge in [0, 0.05) is 31.5 Å². The van der Waals surface area contributed by atoms with E-state index in [1.165, 1.54) is 23.7 Å². The maximum atomic E-state index is 12.7. The van der Waals surface area contributed by atoms with Crippen LogP contribution >= 0.6 is 18.9 Å². The van der Waals surface area contributed by atoms with Crippen LogP contribution in [0, 0.1) is 0 Å². The number of hydrogen-bond donors (Lipinski definition) is 1. The van der Waals surface area contributed by atoms with Crippen LogP contribution in [0.4, 0.5) is 5.69 Å². The molecule has 14 heteroatoms. The summed E-state index contributed by atoms with van der Waals surface area (Å²) in [6.07, 6.45) is 6.10. The molecule has 0 spiro atoms. The smallest absolute Gasteiger partial charge is 0.767 e. The zero-order valence-corrected chi connectivity index (χ0v) is 21.6. The first-order chi connectivity index (χ1) is 14.3. The number of nitrogens with zero attached hydrogens (tertiary/aromatic N) is 6. The van der Waals surface area contributed by atoms with Gasteiger partial charge in [0.15, 0.2) is 0 Å². The van der Waals surface area contributed by atoms with E-state index in [1.807, 2.05) is 6.07 Å². The number of aromatic nitrogens is 6. The van der Waals surface area contributed by atoms with Crippen LogP contribution in [0.3, 0.4) is 0 Å². The standard InChI is InChI=1S/C17H16N7O4PS.K/c1-23-9-13(15(22-23)12-5-3-4-6-18-12)20-16(25)14-10-30-17(21-14)11-7-19-24(8-11)28-29(2,26)27;/h3-10H,1-2H3,(H,20,25)(H,26,27);/q;+1/p-1. The molecular weight excluding hydrogens is 468 g/mol. The van der Waals surface area contributed by atoms with Gasteiger partial charge in [-0.05, 0) is 12.1 Å². The van der Waals surface area contributed by atoms with Gasteiger partial charge in [-0.25, -0.2) is 4.98 Å². The molecule has 0 aliphatic heterocycles. The maximum absolute atomic E-state index is 12.7. The first-order valence-corrected chi connectivity index (χ1v) is 11.4. The molecule has 0 bridgehead atoms. The van der Waals surface area contributed by atoms with Crippen molar-refractivity contribution in [1.82, 2.24) is 29.7 Å². The molecule has 0 aromatic carbocycles. The Hall–Kier alpha value is -1.70. The molecule has 4 aromatic heterocycles. The molecule has 0 saturated carbocycles. The van der Waals surface area contributed by atoms with Gasteiger partial charge in [0.1, 0.15) is 16.4 Å². The van der Waals surface area contributed by atoms with E-state index in [4.69, 9.17) is 0 Å². The Morgan fingerprint density at radius 2 is 2.13 bits per heavy atom. The maximum Gasteiger partial charge on any atom is 1.00 e. The van der Waals surface area contributed by atoms with Gasteiger partial charge in [-0.2, -0.15) is 5.10 Å². The van der Waals surface area contributed by atoms with E-state index in [0.29, 0.717) is 27.6 Å². The summed E-state index contributed by atoms with van der Waals surface area (Å²) in [5, 5.41) is 13.1. The van der Waals surface area contributed by atoms with E-state index in [0.717, 1.165) is 11.5 Å². The molecule has 11 nitrogen and oxygen atoms in total. The number of anilines is 1. The van der Waals surface area contributed by atoms with Crippen LogP contribution in [0.5, 0.6) is 0 Å². The molecule has 0 fully saturated rings. The van der Waals surface area contributed by atoms with Crippen LogP contribution in [0.25, 0.3) is 22.0 Å². The van der Waals surface area contributed by atoms with Crippen LogP contribution in [0.2, 0.25) is 0 Å². The molecular formula is C17H15KN7O4PS. The van der Waals surface area contributed by atoms with Gasteiger partial charge in [-0.15, -0.1) is 21.3 Å². The number of carbonyl (C=O) groups excluding carboxylic acids is 1. The Balaban J connectivity index is 0.00000272. The van der Waals surface area contributed by atoms with Crippen LogP contribution < -0.4 is 66.2 Å². The molecule has 1 atom stereocenters. The molecule has 4 aromatic rings. The topological polar surface area (TPSA) is 140 Å². The fourth-order valence-electron chi connectivity index (χ4n) is 2.58. The second-order valence-electron chi connectivity index (χ2n) is 6.26. The van der Waals surface area contributed by atoms with E-state index < -0.39 is 13.5 Å². The predicted molar refractivity (Wildman–Crippen MR) is 108 cm³/mol. The number of pyridine rings is 1. The van der Waals surface area contributed by atoms with Crippen molar-refractivity contribution in [2.45, 2.75) is 0 Å². The molecule has 154 valence electrons. The third-order valence-corrected chi connectivity index (χ3v) is 5.12. The minimum atomic E-state index is -3.99. The first-order valence-electron chi connectivity index (χ1n) is 8.54. The minimum absolute atomic E-state index is 0. The van der Waals surface area contributed by atoms with E-state index in [-0.39, 0.29) is 57.1 Å². The number of rotatable bonds is 6. The third-order valence-electron chi connectivity index (χ3n) is 3.76. The molecule has 1 unspecified atom stereocenters. The van der Waals surface area contributed by atoms with Crippen molar-refractivity contribution in [2.24, 2.45) is 7.05 Å². The Labute approximate surface area is 223 Å². The molecule has 0 saturated heterocycles. The Morgan fingerprint density at radius 3 is 2.84 bits per heavy atom. The second-order valence-corrected chi connectivity index (χ2v) is 8.82. The van der Waals surface area contributed by atoms with Crippen LogP contribution in [0.1, 0.15) is 10.5 Å². The van der Waals surface area contributed by atoms with Crippen molar-refractivity contribution in [3.05, 3.63) is 54.1 Å². The summed E-state index contributed by atoms with van der Waals surface area (Å²) in [7, 11) is -2.24. The molecule has 4 heterocycles. The first kappa shape index (κ1) is 23.9. The molecule has 1 amide bonds. The van der Waals surface area contributed by atoms with Crippen LogP contribution in [-0.2, 0) is 11.6 Å². The normalized spacial score (nSPS) is 12.6. The average Bonchev–Trinajstić information content (AvgIpc) is 3.41. The fraction of sp³-hybridized carbons (Fsp3) is 0.118. The molecule has 4 rings (SSSR count).